The summed E-state index contributed by atoms with van der Waals surface area (Å²) in [6.45, 7) is -0.00564. The molecule has 0 aliphatic heterocycles. The van der Waals surface area contributed by atoms with Gasteiger partial charge >= 0.3 is 0 Å². The fourth-order valence-corrected chi connectivity index (χ4v) is 2.69. The Morgan fingerprint density at radius 2 is 1.92 bits per heavy atom. The molecule has 2 aromatic rings. The zero-order valence-electron chi connectivity index (χ0n) is 12.6. The highest BCUT2D eigenvalue weighted by Gasteiger charge is 2.07. The van der Waals surface area contributed by atoms with Crippen LogP contribution in [0.2, 0.25) is 5.15 Å². The number of pyridine rings is 1. The van der Waals surface area contributed by atoms with Crippen LogP contribution in [0, 0.1) is 0 Å². The number of halogens is 1. The summed E-state index contributed by atoms with van der Waals surface area (Å²) in [7, 11) is -3.59. The summed E-state index contributed by atoms with van der Waals surface area (Å²) < 4.78 is 26.0. The molecular weight excluding hydrogens is 350 g/mol. The van der Waals surface area contributed by atoms with E-state index < -0.39 is 10.0 Å². The quantitative estimate of drug-likeness (QED) is 0.738. The van der Waals surface area contributed by atoms with E-state index in [0.29, 0.717) is 10.8 Å². The lowest BCUT2D eigenvalue weighted by atomic mass is 10.2. The smallest absolute Gasteiger partial charge is 0.233 e. The van der Waals surface area contributed by atoms with Crippen molar-refractivity contribution in [2.45, 2.75) is 6.42 Å². The number of carbonyl (C=O) groups excluding carboxylic acids is 1. The molecular formula is C16H16ClN3O3S. The number of carbonyl (C=O) groups is 1. The molecule has 0 saturated heterocycles. The Kier molecular flexibility index (Phi) is 6.48. The van der Waals surface area contributed by atoms with Gasteiger partial charge in [0.1, 0.15) is 5.15 Å². The summed E-state index contributed by atoms with van der Waals surface area (Å²) in [6.07, 6.45) is 2.91. The number of hydrogen-bond donors (Lipinski definition) is 2. The van der Waals surface area contributed by atoms with Gasteiger partial charge in [-0.15, -0.1) is 0 Å². The minimum Gasteiger partial charge on any atom is -0.325 e. The van der Waals surface area contributed by atoms with Crippen molar-refractivity contribution >= 4 is 39.3 Å². The number of anilines is 1. The molecule has 0 aliphatic rings. The van der Waals surface area contributed by atoms with Gasteiger partial charge in [-0.2, -0.15) is 0 Å². The topological polar surface area (TPSA) is 88.2 Å². The van der Waals surface area contributed by atoms with Crippen LogP contribution in [0.4, 0.5) is 5.69 Å². The first kappa shape index (κ1) is 18.1. The molecule has 2 N–H and O–H groups in total. The van der Waals surface area contributed by atoms with Gasteiger partial charge in [0.25, 0.3) is 0 Å². The average Bonchev–Trinajstić information content (AvgIpc) is 2.56. The van der Waals surface area contributed by atoms with Crippen molar-refractivity contribution in [2.75, 3.05) is 11.9 Å². The van der Waals surface area contributed by atoms with Crippen LogP contribution in [0.1, 0.15) is 12.0 Å². The summed E-state index contributed by atoms with van der Waals surface area (Å²) >= 11 is 5.65. The molecule has 24 heavy (non-hydrogen) atoms. The van der Waals surface area contributed by atoms with Crippen molar-refractivity contribution in [1.82, 2.24) is 9.71 Å². The van der Waals surface area contributed by atoms with Crippen LogP contribution in [-0.2, 0) is 14.8 Å². The lowest BCUT2D eigenvalue weighted by Crippen LogP contribution is -2.26. The van der Waals surface area contributed by atoms with Gasteiger partial charge in [-0.25, -0.2) is 18.1 Å². The lowest BCUT2D eigenvalue weighted by Gasteiger charge is -2.05. The normalized spacial score (nSPS) is 11.5. The molecule has 0 aliphatic carbocycles. The summed E-state index contributed by atoms with van der Waals surface area (Å²) in [4.78, 5) is 15.6. The lowest BCUT2D eigenvalue weighted by molar-refractivity contribution is -0.116. The van der Waals surface area contributed by atoms with Gasteiger partial charge in [-0.05, 0) is 23.8 Å². The molecule has 0 atom stereocenters. The second kappa shape index (κ2) is 8.58. The fourth-order valence-electron chi connectivity index (χ4n) is 1.76. The zero-order chi connectivity index (χ0) is 17.4. The van der Waals surface area contributed by atoms with Crippen molar-refractivity contribution in [3.63, 3.8) is 0 Å². The van der Waals surface area contributed by atoms with Gasteiger partial charge in [0.2, 0.25) is 15.9 Å². The second-order valence-corrected chi connectivity index (χ2v) is 6.86. The van der Waals surface area contributed by atoms with Gasteiger partial charge in [0.05, 0.1) is 11.9 Å². The number of hydrogen-bond acceptors (Lipinski definition) is 4. The molecule has 0 unspecified atom stereocenters. The van der Waals surface area contributed by atoms with Crippen LogP contribution >= 0.6 is 11.6 Å². The number of rotatable bonds is 7. The third-order valence-corrected chi connectivity index (χ3v) is 4.23. The van der Waals surface area contributed by atoms with Crippen LogP contribution in [0.25, 0.3) is 6.08 Å². The van der Waals surface area contributed by atoms with Crippen molar-refractivity contribution < 1.29 is 13.2 Å². The molecule has 0 spiro atoms. The predicted octanol–water partition coefficient (Wildman–Crippen LogP) is 2.65. The monoisotopic (exact) mass is 365 g/mol. The number of benzene rings is 1. The predicted molar refractivity (Wildman–Crippen MR) is 94.9 cm³/mol. The molecule has 126 valence electrons. The number of aromatic nitrogens is 1. The average molecular weight is 366 g/mol. The Morgan fingerprint density at radius 3 is 2.58 bits per heavy atom. The largest absolute Gasteiger partial charge is 0.325 e. The van der Waals surface area contributed by atoms with Crippen LogP contribution in [0.5, 0.6) is 0 Å². The molecule has 1 aromatic heterocycles. The van der Waals surface area contributed by atoms with Gasteiger partial charge in [-0.1, -0.05) is 41.9 Å². The van der Waals surface area contributed by atoms with E-state index in [1.165, 1.54) is 12.3 Å². The molecule has 0 bridgehead atoms. The molecule has 0 fully saturated rings. The summed E-state index contributed by atoms with van der Waals surface area (Å²) in [5.74, 6) is -0.325. The molecule has 8 heteroatoms. The van der Waals surface area contributed by atoms with E-state index in [4.69, 9.17) is 11.6 Å². The molecule has 0 saturated carbocycles. The van der Waals surface area contributed by atoms with E-state index in [1.54, 1.807) is 24.3 Å². The Bertz CT molecular complexity index is 806. The minimum atomic E-state index is -3.59. The molecule has 1 heterocycles. The number of nitrogens with one attached hydrogen (secondary N) is 2. The van der Waals surface area contributed by atoms with Crippen molar-refractivity contribution in [3.8, 4) is 0 Å². The van der Waals surface area contributed by atoms with Crippen LogP contribution in [0.15, 0.2) is 54.1 Å². The molecule has 2 rings (SSSR count). The van der Waals surface area contributed by atoms with Crippen LogP contribution in [-0.4, -0.2) is 25.9 Å². The van der Waals surface area contributed by atoms with Gasteiger partial charge in [0, 0.05) is 18.4 Å². The van der Waals surface area contributed by atoms with Crippen molar-refractivity contribution in [1.29, 1.82) is 0 Å². The molecule has 1 amide bonds. The Hall–Kier alpha value is -2.22. The van der Waals surface area contributed by atoms with Gasteiger partial charge in [-0.3, -0.25) is 4.79 Å². The highest BCUT2D eigenvalue weighted by molar-refractivity contribution is 7.92. The Labute approximate surface area is 145 Å². The number of sulfonamides is 1. The highest BCUT2D eigenvalue weighted by Crippen LogP contribution is 2.09. The maximum absolute atomic E-state index is 11.8. The fraction of sp³-hybridized carbons (Fsp3) is 0.125. The van der Waals surface area contributed by atoms with Crippen molar-refractivity contribution in [3.05, 3.63) is 64.8 Å². The van der Waals surface area contributed by atoms with E-state index in [9.17, 15) is 13.2 Å². The first-order chi connectivity index (χ1) is 11.4. The molecule has 0 radical (unpaired) electrons. The Morgan fingerprint density at radius 1 is 1.17 bits per heavy atom. The number of nitrogens with zero attached hydrogens (tertiary/aromatic N) is 1. The summed E-state index contributed by atoms with van der Waals surface area (Å²) in [5.41, 5.74) is 1.27. The number of amides is 1. The SMILES string of the molecule is O=C(CCNS(=O)(=O)C=Cc1ccccc1)Nc1ccc(Cl)nc1. The van der Waals surface area contributed by atoms with Crippen LogP contribution < -0.4 is 10.0 Å². The molecule has 1 aromatic carbocycles. The summed E-state index contributed by atoms with van der Waals surface area (Å²) in [6, 6.07) is 12.2. The standard InChI is InChI=1S/C16H16ClN3O3S/c17-15-7-6-14(12-18-15)20-16(21)8-10-19-24(22,23)11-9-13-4-2-1-3-5-13/h1-7,9,11-12,19H,8,10H2,(H,20,21). The first-order valence-corrected chi connectivity index (χ1v) is 9.01. The van der Waals surface area contributed by atoms with E-state index in [0.717, 1.165) is 11.0 Å². The highest BCUT2D eigenvalue weighted by atomic mass is 35.5. The third-order valence-electron chi connectivity index (χ3n) is 2.91. The van der Waals surface area contributed by atoms with Crippen LogP contribution in [0.3, 0.4) is 0 Å². The van der Waals surface area contributed by atoms with E-state index in [1.807, 2.05) is 18.2 Å². The maximum atomic E-state index is 11.8. The van der Waals surface area contributed by atoms with E-state index in [2.05, 4.69) is 15.0 Å². The molecule has 6 nitrogen and oxygen atoms in total. The second-order valence-electron chi connectivity index (χ2n) is 4.82. The minimum absolute atomic E-state index is 0.00103. The Balaban J connectivity index is 1.79. The van der Waals surface area contributed by atoms with Crippen molar-refractivity contribution in [2.24, 2.45) is 0 Å². The summed E-state index contributed by atoms with van der Waals surface area (Å²) in [5, 5.41) is 4.00. The maximum Gasteiger partial charge on any atom is 0.233 e. The first-order valence-electron chi connectivity index (χ1n) is 7.09. The van der Waals surface area contributed by atoms with Gasteiger partial charge in [0.15, 0.2) is 0 Å². The third kappa shape index (κ3) is 6.49. The van der Waals surface area contributed by atoms with E-state index in [-0.39, 0.29) is 18.9 Å². The van der Waals surface area contributed by atoms with Gasteiger partial charge < -0.3 is 5.32 Å². The zero-order valence-corrected chi connectivity index (χ0v) is 14.2. The van der Waals surface area contributed by atoms with E-state index >= 15 is 0 Å².